The van der Waals surface area contributed by atoms with Crippen LogP contribution < -0.4 is 10.6 Å². The van der Waals surface area contributed by atoms with E-state index in [4.69, 9.17) is 0 Å². The number of nitrogens with zero attached hydrogens (tertiary/aromatic N) is 2. The summed E-state index contributed by atoms with van der Waals surface area (Å²) in [4.78, 5) is 8.87. The van der Waals surface area contributed by atoms with Gasteiger partial charge in [0.05, 0.1) is 0 Å². The monoisotopic (exact) mass is 360 g/mol. The van der Waals surface area contributed by atoms with Gasteiger partial charge in [0, 0.05) is 22.4 Å². The fraction of sp³-hybridized carbons (Fsp3) is 0.412. The molecule has 1 aromatic carbocycles. The van der Waals surface area contributed by atoms with Gasteiger partial charge in [-0.05, 0) is 43.5 Å². The van der Waals surface area contributed by atoms with Crippen LogP contribution in [0.5, 0.6) is 0 Å². The highest BCUT2D eigenvalue weighted by atomic mass is 79.9. The van der Waals surface area contributed by atoms with Crippen LogP contribution in [0.4, 0.5) is 17.5 Å². The maximum Gasteiger partial charge on any atom is 0.229 e. The van der Waals surface area contributed by atoms with E-state index in [1.54, 1.807) is 6.20 Å². The van der Waals surface area contributed by atoms with Gasteiger partial charge in [0.2, 0.25) is 5.95 Å². The highest BCUT2D eigenvalue weighted by Crippen LogP contribution is 2.24. The molecule has 0 radical (unpaired) electrons. The average molecular weight is 361 g/mol. The van der Waals surface area contributed by atoms with E-state index in [1.807, 2.05) is 18.2 Å². The molecule has 1 heterocycles. The number of nitrogens with one attached hydrogen (secondary N) is 2. The summed E-state index contributed by atoms with van der Waals surface area (Å²) in [6.45, 7) is 2.07. The number of hydrogen-bond acceptors (Lipinski definition) is 4. The van der Waals surface area contributed by atoms with E-state index in [9.17, 15) is 0 Å². The zero-order valence-corrected chi connectivity index (χ0v) is 14.4. The first-order chi connectivity index (χ1) is 10.7. The molecule has 0 amide bonds. The first kappa shape index (κ1) is 15.3. The Kier molecular flexibility index (Phi) is 4.93. The third-order valence-electron chi connectivity index (χ3n) is 4.04. The quantitative estimate of drug-likeness (QED) is 0.801. The van der Waals surface area contributed by atoms with Crippen LogP contribution in [-0.4, -0.2) is 16.0 Å². The van der Waals surface area contributed by atoms with Crippen LogP contribution in [-0.2, 0) is 0 Å². The molecule has 0 spiro atoms. The van der Waals surface area contributed by atoms with Crippen molar-refractivity contribution in [2.75, 3.05) is 10.6 Å². The van der Waals surface area contributed by atoms with Crippen molar-refractivity contribution in [2.45, 2.75) is 45.1 Å². The number of rotatable bonds is 4. The maximum absolute atomic E-state index is 4.57. The lowest BCUT2D eigenvalue weighted by Gasteiger charge is -2.23. The lowest BCUT2D eigenvalue weighted by atomic mass is 9.95. The minimum Gasteiger partial charge on any atom is -0.367 e. The molecule has 1 saturated carbocycles. The van der Waals surface area contributed by atoms with Gasteiger partial charge < -0.3 is 10.6 Å². The largest absolute Gasteiger partial charge is 0.367 e. The van der Waals surface area contributed by atoms with Gasteiger partial charge in [-0.15, -0.1) is 0 Å². The second-order valence-electron chi connectivity index (χ2n) is 5.83. The summed E-state index contributed by atoms with van der Waals surface area (Å²) in [6, 6.07) is 8.62. The van der Waals surface area contributed by atoms with E-state index in [2.05, 4.69) is 49.5 Å². The van der Waals surface area contributed by atoms with Crippen molar-refractivity contribution < 1.29 is 0 Å². The molecule has 2 N–H and O–H groups in total. The van der Waals surface area contributed by atoms with Crippen molar-refractivity contribution in [1.82, 2.24) is 9.97 Å². The molecule has 3 rings (SSSR count). The molecule has 2 aromatic rings. The van der Waals surface area contributed by atoms with Gasteiger partial charge in [-0.3, -0.25) is 0 Å². The molecular weight excluding hydrogens is 340 g/mol. The smallest absolute Gasteiger partial charge is 0.229 e. The first-order valence-corrected chi connectivity index (χ1v) is 8.63. The predicted molar refractivity (Wildman–Crippen MR) is 94.7 cm³/mol. The van der Waals surface area contributed by atoms with E-state index in [1.165, 1.54) is 37.7 Å². The standard InChI is InChI=1S/C17H21BrN4/c1-12-7-8-14(11-15(12)18)21-17-19-10-9-16(22-17)20-13-5-3-2-4-6-13/h7-11,13H,2-6H2,1H3,(H2,19,20,21,22). The van der Waals surface area contributed by atoms with E-state index >= 15 is 0 Å². The van der Waals surface area contributed by atoms with Crippen LogP contribution in [0.15, 0.2) is 34.9 Å². The van der Waals surface area contributed by atoms with Crippen LogP contribution in [0.1, 0.15) is 37.7 Å². The van der Waals surface area contributed by atoms with Gasteiger partial charge in [0.25, 0.3) is 0 Å². The molecule has 22 heavy (non-hydrogen) atoms. The minimum absolute atomic E-state index is 0.546. The Morgan fingerprint density at radius 3 is 2.73 bits per heavy atom. The fourth-order valence-corrected chi connectivity index (χ4v) is 3.13. The lowest BCUT2D eigenvalue weighted by Crippen LogP contribution is -2.22. The molecule has 5 heteroatoms. The Labute approximate surface area is 139 Å². The van der Waals surface area contributed by atoms with E-state index in [0.717, 1.165) is 16.0 Å². The van der Waals surface area contributed by atoms with Crippen molar-refractivity contribution in [3.8, 4) is 0 Å². The molecule has 1 aliphatic rings. The number of benzene rings is 1. The molecule has 1 aliphatic carbocycles. The molecule has 0 atom stereocenters. The third-order valence-corrected chi connectivity index (χ3v) is 4.90. The maximum atomic E-state index is 4.57. The molecule has 0 aliphatic heterocycles. The molecule has 116 valence electrons. The summed E-state index contributed by atoms with van der Waals surface area (Å²) >= 11 is 3.55. The van der Waals surface area contributed by atoms with E-state index in [0.29, 0.717) is 12.0 Å². The number of aryl methyl sites for hydroxylation is 1. The number of aromatic nitrogens is 2. The summed E-state index contributed by atoms with van der Waals surface area (Å²) in [7, 11) is 0. The second kappa shape index (κ2) is 7.09. The average Bonchev–Trinajstić information content (AvgIpc) is 2.52. The van der Waals surface area contributed by atoms with Crippen LogP contribution in [0.25, 0.3) is 0 Å². The number of halogens is 1. The van der Waals surface area contributed by atoms with Crippen molar-refractivity contribution in [2.24, 2.45) is 0 Å². The van der Waals surface area contributed by atoms with Gasteiger partial charge in [-0.25, -0.2) is 4.98 Å². The normalized spacial score (nSPS) is 15.5. The van der Waals surface area contributed by atoms with Crippen LogP contribution in [0.2, 0.25) is 0 Å². The molecule has 1 fully saturated rings. The van der Waals surface area contributed by atoms with Crippen LogP contribution in [0, 0.1) is 6.92 Å². The van der Waals surface area contributed by atoms with Gasteiger partial charge >= 0.3 is 0 Å². The summed E-state index contributed by atoms with van der Waals surface area (Å²) in [5, 5.41) is 6.78. The first-order valence-electron chi connectivity index (χ1n) is 7.83. The lowest BCUT2D eigenvalue weighted by molar-refractivity contribution is 0.462. The fourth-order valence-electron chi connectivity index (χ4n) is 2.76. The molecule has 4 nitrogen and oxygen atoms in total. The van der Waals surface area contributed by atoms with Gasteiger partial charge in [-0.2, -0.15) is 4.98 Å². The molecular formula is C17H21BrN4. The van der Waals surface area contributed by atoms with Gasteiger partial charge in [-0.1, -0.05) is 41.3 Å². The Morgan fingerprint density at radius 2 is 1.95 bits per heavy atom. The zero-order chi connectivity index (χ0) is 15.4. The van der Waals surface area contributed by atoms with Gasteiger partial charge in [0.15, 0.2) is 0 Å². The number of anilines is 3. The topological polar surface area (TPSA) is 49.8 Å². The molecule has 0 bridgehead atoms. The third kappa shape index (κ3) is 3.97. The summed E-state index contributed by atoms with van der Waals surface area (Å²) in [5.41, 5.74) is 2.19. The Hall–Kier alpha value is -1.62. The van der Waals surface area contributed by atoms with Crippen molar-refractivity contribution >= 4 is 33.4 Å². The minimum atomic E-state index is 0.546. The van der Waals surface area contributed by atoms with Crippen molar-refractivity contribution in [3.05, 3.63) is 40.5 Å². The van der Waals surface area contributed by atoms with Crippen LogP contribution >= 0.6 is 15.9 Å². The Morgan fingerprint density at radius 1 is 1.14 bits per heavy atom. The SMILES string of the molecule is Cc1ccc(Nc2nccc(NC3CCCCC3)n2)cc1Br. The Bertz CT molecular complexity index is 638. The molecule has 0 unspecified atom stereocenters. The second-order valence-corrected chi connectivity index (χ2v) is 6.69. The number of hydrogen-bond donors (Lipinski definition) is 2. The van der Waals surface area contributed by atoms with Crippen molar-refractivity contribution in [1.29, 1.82) is 0 Å². The van der Waals surface area contributed by atoms with Crippen molar-refractivity contribution in [3.63, 3.8) is 0 Å². The molecule has 0 saturated heterocycles. The van der Waals surface area contributed by atoms with Crippen LogP contribution in [0.3, 0.4) is 0 Å². The predicted octanol–water partition coefficient (Wildman–Crippen LogP) is 5.04. The zero-order valence-electron chi connectivity index (χ0n) is 12.8. The Balaban J connectivity index is 1.68. The summed E-state index contributed by atoms with van der Waals surface area (Å²) < 4.78 is 1.08. The van der Waals surface area contributed by atoms with E-state index < -0.39 is 0 Å². The highest BCUT2D eigenvalue weighted by molar-refractivity contribution is 9.10. The summed E-state index contributed by atoms with van der Waals surface area (Å²) in [6.07, 6.45) is 8.24. The van der Waals surface area contributed by atoms with Gasteiger partial charge in [0.1, 0.15) is 5.82 Å². The highest BCUT2D eigenvalue weighted by Gasteiger charge is 2.13. The van der Waals surface area contributed by atoms with E-state index in [-0.39, 0.29) is 0 Å². The molecule has 1 aromatic heterocycles. The summed E-state index contributed by atoms with van der Waals surface area (Å²) in [5.74, 6) is 1.52.